The van der Waals surface area contributed by atoms with Gasteiger partial charge in [-0.15, -0.1) is 12.4 Å². The third-order valence-corrected chi connectivity index (χ3v) is 4.90. The summed E-state index contributed by atoms with van der Waals surface area (Å²) < 4.78 is 2.22. The van der Waals surface area contributed by atoms with Crippen LogP contribution in [0.2, 0.25) is 0 Å². The molecule has 1 fully saturated rings. The highest BCUT2D eigenvalue weighted by atomic mass is 35.5. The minimum Gasteiger partial charge on any atom is -0.344 e. The predicted molar refractivity (Wildman–Crippen MR) is 99.8 cm³/mol. The van der Waals surface area contributed by atoms with Crippen molar-refractivity contribution >= 4 is 18.3 Å². The van der Waals surface area contributed by atoms with Crippen LogP contribution in [0.4, 0.5) is 0 Å². The average molecular weight is 348 g/mol. The summed E-state index contributed by atoms with van der Waals surface area (Å²) in [4.78, 5) is 14.9. The second kappa shape index (κ2) is 7.86. The molecule has 1 atom stereocenters. The highest BCUT2D eigenvalue weighted by Gasteiger charge is 2.30. The number of likely N-dealkylation sites (tertiary alicyclic amines) is 1. The van der Waals surface area contributed by atoms with E-state index in [-0.39, 0.29) is 24.4 Å². The van der Waals surface area contributed by atoms with Crippen LogP contribution in [-0.2, 0) is 6.54 Å². The lowest BCUT2D eigenvalue weighted by Gasteiger charge is -2.23. The average Bonchev–Trinajstić information content (AvgIpc) is 3.15. The van der Waals surface area contributed by atoms with Crippen molar-refractivity contribution in [2.24, 2.45) is 5.73 Å². The van der Waals surface area contributed by atoms with Gasteiger partial charge in [0, 0.05) is 37.1 Å². The lowest BCUT2D eigenvalue weighted by Crippen LogP contribution is -2.40. The topological polar surface area (TPSA) is 51.3 Å². The maximum absolute atomic E-state index is 12.9. The Labute approximate surface area is 150 Å². The van der Waals surface area contributed by atoms with E-state index in [0.29, 0.717) is 6.54 Å². The van der Waals surface area contributed by atoms with Crippen molar-refractivity contribution in [2.45, 2.75) is 39.3 Å². The molecular weight excluding hydrogens is 322 g/mol. The molecule has 24 heavy (non-hydrogen) atoms. The van der Waals surface area contributed by atoms with Gasteiger partial charge in [0.1, 0.15) is 0 Å². The Balaban J connectivity index is 0.00000208. The maximum Gasteiger partial charge on any atom is 0.255 e. The molecular formula is C19H26ClN3O. The molecule has 4 nitrogen and oxygen atoms in total. The van der Waals surface area contributed by atoms with E-state index in [4.69, 9.17) is 5.73 Å². The zero-order valence-corrected chi connectivity index (χ0v) is 15.2. The summed E-state index contributed by atoms with van der Waals surface area (Å²) in [5.74, 6) is 0.130. The number of hydrogen-bond donors (Lipinski definition) is 1. The predicted octanol–water partition coefficient (Wildman–Crippen LogP) is 3.14. The number of aromatic nitrogens is 1. The van der Waals surface area contributed by atoms with Gasteiger partial charge in [0.05, 0.1) is 5.56 Å². The molecule has 5 heteroatoms. The van der Waals surface area contributed by atoms with Gasteiger partial charge in [-0.3, -0.25) is 4.79 Å². The van der Waals surface area contributed by atoms with E-state index in [1.807, 2.05) is 36.1 Å². The number of halogens is 1. The summed E-state index contributed by atoms with van der Waals surface area (Å²) in [5, 5.41) is 0. The largest absolute Gasteiger partial charge is 0.344 e. The molecule has 1 unspecified atom stereocenters. The van der Waals surface area contributed by atoms with E-state index >= 15 is 0 Å². The van der Waals surface area contributed by atoms with Crippen molar-refractivity contribution in [3.8, 4) is 0 Å². The number of hydrogen-bond acceptors (Lipinski definition) is 2. The lowest BCUT2D eigenvalue weighted by atomic mass is 10.2. The van der Waals surface area contributed by atoms with Gasteiger partial charge >= 0.3 is 0 Å². The molecule has 1 aromatic heterocycles. The molecule has 130 valence electrons. The lowest BCUT2D eigenvalue weighted by molar-refractivity contribution is 0.0740. The highest BCUT2D eigenvalue weighted by molar-refractivity contribution is 5.96. The Bertz CT molecular complexity index is 696. The van der Waals surface area contributed by atoms with Crippen LogP contribution >= 0.6 is 12.4 Å². The molecule has 0 radical (unpaired) electrons. The van der Waals surface area contributed by atoms with Gasteiger partial charge in [0.25, 0.3) is 5.91 Å². The maximum atomic E-state index is 12.9. The number of carbonyl (C=O) groups is 1. The number of rotatable bonds is 4. The summed E-state index contributed by atoms with van der Waals surface area (Å²) in [6, 6.07) is 12.6. The molecule has 1 aliphatic heterocycles. The molecule has 2 N–H and O–H groups in total. The Morgan fingerprint density at radius 1 is 1.25 bits per heavy atom. The number of carbonyl (C=O) groups excluding carboxylic acids is 1. The van der Waals surface area contributed by atoms with E-state index in [9.17, 15) is 4.79 Å². The molecule has 3 rings (SSSR count). The van der Waals surface area contributed by atoms with Crippen LogP contribution in [-0.4, -0.2) is 34.5 Å². The van der Waals surface area contributed by atoms with Crippen molar-refractivity contribution < 1.29 is 4.79 Å². The van der Waals surface area contributed by atoms with E-state index in [1.165, 1.54) is 5.56 Å². The Morgan fingerprint density at radius 2 is 1.96 bits per heavy atom. The number of nitrogens with zero attached hydrogens (tertiary/aromatic N) is 2. The SMILES string of the molecule is Cc1cc(C(=O)N2CCCC2CN)c(C)n1Cc1ccccc1.Cl. The fourth-order valence-electron chi connectivity index (χ4n) is 3.53. The molecule has 1 aromatic carbocycles. The summed E-state index contributed by atoms with van der Waals surface area (Å²) in [6.07, 6.45) is 2.07. The zero-order chi connectivity index (χ0) is 16.4. The molecule has 0 spiro atoms. The van der Waals surface area contributed by atoms with Gasteiger partial charge in [0.2, 0.25) is 0 Å². The van der Waals surface area contributed by atoms with Crippen LogP contribution in [0.25, 0.3) is 0 Å². The summed E-state index contributed by atoms with van der Waals surface area (Å²) in [5.41, 5.74) is 10.0. The summed E-state index contributed by atoms with van der Waals surface area (Å²) in [6.45, 7) is 6.28. The molecule has 0 aliphatic carbocycles. The first-order valence-corrected chi connectivity index (χ1v) is 8.33. The Kier molecular flexibility index (Phi) is 6.08. The molecule has 1 amide bonds. The van der Waals surface area contributed by atoms with Gasteiger partial charge in [-0.25, -0.2) is 0 Å². The van der Waals surface area contributed by atoms with Gasteiger partial charge in [-0.05, 0) is 38.3 Å². The fourth-order valence-corrected chi connectivity index (χ4v) is 3.53. The highest BCUT2D eigenvalue weighted by Crippen LogP contribution is 2.23. The monoisotopic (exact) mass is 347 g/mol. The van der Waals surface area contributed by atoms with Crippen LogP contribution in [0.1, 0.15) is 40.2 Å². The molecule has 1 aliphatic rings. The molecule has 1 saturated heterocycles. The quantitative estimate of drug-likeness (QED) is 0.923. The van der Waals surface area contributed by atoms with Crippen molar-refractivity contribution in [1.29, 1.82) is 0 Å². The summed E-state index contributed by atoms with van der Waals surface area (Å²) >= 11 is 0. The number of benzene rings is 1. The standard InChI is InChI=1S/C19H25N3O.ClH/c1-14-11-18(19(23)21-10-6-9-17(21)12-20)15(2)22(14)13-16-7-4-3-5-8-16;/h3-5,7-8,11,17H,6,9-10,12-13,20H2,1-2H3;1H. The molecule has 2 heterocycles. The van der Waals surface area contributed by atoms with Crippen LogP contribution in [0, 0.1) is 13.8 Å². The van der Waals surface area contributed by atoms with E-state index < -0.39 is 0 Å². The summed E-state index contributed by atoms with van der Waals surface area (Å²) in [7, 11) is 0. The van der Waals surface area contributed by atoms with Gasteiger partial charge in [-0.2, -0.15) is 0 Å². The van der Waals surface area contributed by atoms with Crippen molar-refractivity contribution in [2.75, 3.05) is 13.1 Å². The van der Waals surface area contributed by atoms with Gasteiger partial charge in [0.15, 0.2) is 0 Å². The number of nitrogens with two attached hydrogens (primary N) is 1. The van der Waals surface area contributed by atoms with Crippen molar-refractivity contribution in [1.82, 2.24) is 9.47 Å². The first-order valence-electron chi connectivity index (χ1n) is 8.33. The van der Waals surface area contributed by atoms with E-state index in [0.717, 1.165) is 42.9 Å². The third kappa shape index (κ3) is 3.50. The van der Waals surface area contributed by atoms with Crippen LogP contribution in [0.3, 0.4) is 0 Å². The fraction of sp³-hybridized carbons (Fsp3) is 0.421. The van der Waals surface area contributed by atoms with Crippen molar-refractivity contribution in [3.63, 3.8) is 0 Å². The van der Waals surface area contributed by atoms with Gasteiger partial charge < -0.3 is 15.2 Å². The van der Waals surface area contributed by atoms with Crippen LogP contribution < -0.4 is 5.73 Å². The smallest absolute Gasteiger partial charge is 0.255 e. The minimum absolute atomic E-state index is 0. The number of aryl methyl sites for hydroxylation is 1. The Morgan fingerprint density at radius 3 is 2.62 bits per heavy atom. The van der Waals surface area contributed by atoms with Crippen LogP contribution in [0.15, 0.2) is 36.4 Å². The van der Waals surface area contributed by atoms with E-state index in [1.54, 1.807) is 0 Å². The molecule has 0 saturated carbocycles. The third-order valence-electron chi connectivity index (χ3n) is 4.90. The number of amides is 1. The first kappa shape index (κ1) is 18.6. The first-order chi connectivity index (χ1) is 11.1. The second-order valence-electron chi connectivity index (χ2n) is 6.39. The minimum atomic E-state index is 0. The second-order valence-corrected chi connectivity index (χ2v) is 6.39. The van der Waals surface area contributed by atoms with E-state index in [2.05, 4.69) is 23.6 Å². The normalized spacial score (nSPS) is 17.0. The van der Waals surface area contributed by atoms with Crippen molar-refractivity contribution in [3.05, 3.63) is 58.9 Å². The van der Waals surface area contributed by atoms with Crippen LogP contribution in [0.5, 0.6) is 0 Å². The van der Waals surface area contributed by atoms with Gasteiger partial charge in [-0.1, -0.05) is 30.3 Å². The Hall–Kier alpha value is -1.78. The molecule has 0 bridgehead atoms. The zero-order valence-electron chi connectivity index (χ0n) is 14.4. The molecule has 2 aromatic rings.